The number of aryl methyl sites for hydroxylation is 1. The second kappa shape index (κ2) is 28.2. The molecule has 1 amide bonds. The molecule has 2 unspecified atom stereocenters. The predicted octanol–water partition coefficient (Wildman–Crippen LogP) is 17.6. The lowest BCUT2D eigenvalue weighted by Gasteiger charge is -2.50. The van der Waals surface area contributed by atoms with Crippen LogP contribution in [0.2, 0.25) is 81.6 Å². The lowest BCUT2D eigenvalue weighted by molar-refractivity contribution is -0.121. The highest BCUT2D eigenvalue weighted by molar-refractivity contribution is 7.80. The SMILES string of the molecule is CCC1O[Si](C)(C)CCC[Si]2(CCCNC(=O)CCCc3cc(-c4cccc5ccc(P(c6ccccc6)c6ccccc6)cc45)c4cc(P(c5ccccc5)c5ccccc5)ccc4c3)CCC[Si](C)(C)OC(CC)C1(C)O[Si](C)(C)CCC2. The minimum absolute atomic E-state index is 0.0348. The number of carbonyl (C=O) groups is 1. The van der Waals surface area contributed by atoms with Crippen LogP contribution in [0.1, 0.15) is 77.7 Å². The van der Waals surface area contributed by atoms with E-state index < -0.39 is 54.5 Å². The lowest BCUT2D eigenvalue weighted by Crippen LogP contribution is -2.61. The zero-order chi connectivity index (χ0) is 59.7. The van der Waals surface area contributed by atoms with E-state index in [-0.39, 0.29) is 18.1 Å². The molecule has 0 spiro atoms. The lowest BCUT2D eigenvalue weighted by atomic mass is 9.89. The first-order chi connectivity index (χ1) is 41.0. The van der Waals surface area contributed by atoms with Gasteiger partial charge in [0.2, 0.25) is 5.91 Å². The predicted molar refractivity (Wildman–Crippen MR) is 380 cm³/mol. The summed E-state index contributed by atoms with van der Waals surface area (Å²) in [5.74, 6) is 0.179. The highest BCUT2D eigenvalue weighted by Crippen LogP contribution is 2.44. The van der Waals surface area contributed by atoms with Gasteiger partial charge in [-0.2, -0.15) is 0 Å². The molecule has 2 aliphatic heterocycles. The summed E-state index contributed by atoms with van der Waals surface area (Å²) in [5, 5.41) is 16.5. The molecule has 446 valence electrons. The van der Waals surface area contributed by atoms with Gasteiger partial charge in [-0.1, -0.05) is 233 Å². The third kappa shape index (κ3) is 15.8. The third-order valence-electron chi connectivity index (χ3n) is 18.7. The molecule has 5 nitrogen and oxygen atoms in total. The van der Waals surface area contributed by atoms with Crippen LogP contribution in [0.25, 0.3) is 32.7 Å². The molecule has 0 aliphatic carbocycles. The molecular weight excluding hydrogens is 1140 g/mol. The Bertz CT molecular complexity index is 3360. The summed E-state index contributed by atoms with van der Waals surface area (Å²) >= 11 is 0. The largest absolute Gasteiger partial charge is 0.411 e. The number of rotatable bonds is 17. The van der Waals surface area contributed by atoms with Crippen LogP contribution in [0.15, 0.2) is 188 Å². The zero-order valence-corrected chi connectivity index (χ0v) is 58.4. The van der Waals surface area contributed by atoms with Crippen LogP contribution in [0, 0.1) is 0 Å². The van der Waals surface area contributed by atoms with Gasteiger partial charge in [-0.05, 0) is 194 Å². The molecule has 2 fully saturated rings. The van der Waals surface area contributed by atoms with Crippen LogP contribution in [0.5, 0.6) is 0 Å². The second-order valence-corrected chi connectivity index (χ2v) is 48.9. The van der Waals surface area contributed by atoms with Crippen molar-refractivity contribution in [3.63, 3.8) is 0 Å². The molecule has 11 heteroatoms. The van der Waals surface area contributed by atoms with Gasteiger partial charge in [0.05, 0.1) is 20.3 Å². The van der Waals surface area contributed by atoms with E-state index in [0.717, 1.165) is 38.6 Å². The normalized spacial score (nSPS) is 21.9. The van der Waals surface area contributed by atoms with Crippen LogP contribution in [-0.2, 0) is 24.5 Å². The van der Waals surface area contributed by atoms with E-state index in [1.807, 2.05) is 0 Å². The van der Waals surface area contributed by atoms with Gasteiger partial charge < -0.3 is 18.6 Å². The van der Waals surface area contributed by atoms with E-state index in [0.29, 0.717) is 6.42 Å². The number of fused-ring (bicyclic) bond motifs is 8. The van der Waals surface area contributed by atoms with Crippen molar-refractivity contribution in [3.05, 3.63) is 194 Å². The Labute approximate surface area is 517 Å². The van der Waals surface area contributed by atoms with Crippen LogP contribution in [0.4, 0.5) is 0 Å². The number of amides is 1. The highest BCUT2D eigenvalue weighted by atomic mass is 31.1. The molecule has 2 saturated heterocycles. The Hall–Kier alpha value is -4.64. The van der Waals surface area contributed by atoms with Crippen molar-refractivity contribution in [3.8, 4) is 11.1 Å². The van der Waals surface area contributed by atoms with E-state index >= 15 is 0 Å². The number of benzene rings is 8. The van der Waals surface area contributed by atoms with Crippen LogP contribution >= 0.6 is 15.8 Å². The molecule has 85 heavy (non-hydrogen) atoms. The van der Waals surface area contributed by atoms with Crippen molar-refractivity contribution < 1.29 is 18.1 Å². The summed E-state index contributed by atoms with van der Waals surface area (Å²) in [6, 6.07) is 79.3. The van der Waals surface area contributed by atoms with Crippen LogP contribution in [-0.4, -0.2) is 63.3 Å². The summed E-state index contributed by atoms with van der Waals surface area (Å²) in [4.78, 5) is 14.0. The van der Waals surface area contributed by atoms with E-state index in [1.54, 1.807) is 0 Å². The highest BCUT2D eigenvalue weighted by Gasteiger charge is 2.50. The minimum atomic E-state index is -2.09. The van der Waals surface area contributed by atoms with Crippen molar-refractivity contribution in [1.29, 1.82) is 0 Å². The van der Waals surface area contributed by atoms with Gasteiger partial charge in [0, 0.05) is 13.0 Å². The molecular formula is C74H95NO4P2Si4. The maximum absolute atomic E-state index is 14.0. The van der Waals surface area contributed by atoms with Gasteiger partial charge >= 0.3 is 0 Å². The first-order valence-electron chi connectivity index (χ1n) is 32.2. The van der Waals surface area contributed by atoms with E-state index in [4.69, 9.17) is 13.3 Å². The monoisotopic (exact) mass is 1240 g/mol. The van der Waals surface area contributed by atoms with Gasteiger partial charge in [0.15, 0.2) is 25.0 Å². The topological polar surface area (TPSA) is 56.8 Å². The van der Waals surface area contributed by atoms with Crippen LogP contribution < -0.4 is 37.1 Å². The Kier molecular flexibility index (Phi) is 21.1. The van der Waals surface area contributed by atoms with Gasteiger partial charge in [0.25, 0.3) is 0 Å². The maximum atomic E-state index is 14.0. The standard InChI is InChI=1S/C74H95NO4P2Si4/c1-10-71-74(3)72(11-2)78-83(6,7)48-28-52-85(51-27-47-82(4,5)77-71,53-29-49-84(8,9)79-74)50-26-46-75-73(76)41-24-30-58-54-60-43-45-66(81(63-36-20-14-21-37-63)64-38-22-15-23-39-64)57-69(60)70(55-58)67-40-25-31-59-42-44-65(56-68(59)67)80(61-32-16-12-17-33-61)62-34-18-13-19-35-62/h12-23,25,31-40,42-45,54-57,71-72H,10-11,24,26-30,41,46-53H2,1-9H3,(H,75,76). The quantitative estimate of drug-likeness (QED) is 0.0561. The Balaban J connectivity index is 0.906. The molecule has 0 saturated carbocycles. The molecule has 10 rings (SSSR count). The fraction of sp³-hybridized carbons (Fsp3) is 0.392. The van der Waals surface area contributed by atoms with Crippen LogP contribution in [0.3, 0.4) is 0 Å². The molecule has 2 atom stereocenters. The third-order valence-corrected chi connectivity index (χ3v) is 36.7. The van der Waals surface area contributed by atoms with Crippen molar-refractivity contribution in [2.24, 2.45) is 0 Å². The van der Waals surface area contributed by atoms with Crippen molar-refractivity contribution in [2.75, 3.05) is 6.54 Å². The first kappa shape index (κ1) is 63.4. The van der Waals surface area contributed by atoms with Crippen molar-refractivity contribution in [2.45, 2.75) is 178 Å². The number of nitrogens with one attached hydrogen (secondary N) is 1. The molecule has 8 aromatic carbocycles. The molecule has 1 N–H and O–H groups in total. The smallest absolute Gasteiger partial charge is 0.220 e. The number of hydrogen-bond donors (Lipinski definition) is 1. The molecule has 2 heterocycles. The average molecular weight is 1240 g/mol. The summed E-state index contributed by atoms with van der Waals surface area (Å²) in [5.41, 5.74) is 3.31. The first-order valence-corrected chi connectivity index (χ1v) is 47.1. The van der Waals surface area contributed by atoms with E-state index in [1.165, 1.54) is 132 Å². The Morgan fingerprint density at radius 1 is 0.494 bits per heavy atom. The van der Waals surface area contributed by atoms with Gasteiger partial charge in [-0.15, -0.1) is 0 Å². The summed E-state index contributed by atoms with van der Waals surface area (Å²) in [6.45, 7) is 22.5. The molecule has 8 aromatic rings. The summed E-state index contributed by atoms with van der Waals surface area (Å²) in [7, 11) is -9.45. The number of carbonyl (C=O) groups excluding carboxylic acids is 1. The molecule has 0 aromatic heterocycles. The maximum Gasteiger partial charge on any atom is 0.220 e. The fourth-order valence-electron chi connectivity index (χ4n) is 14.5. The Morgan fingerprint density at radius 3 is 1.44 bits per heavy atom. The average Bonchev–Trinajstić information content (AvgIpc) is 1.98. The van der Waals surface area contributed by atoms with Gasteiger partial charge in [0.1, 0.15) is 5.60 Å². The van der Waals surface area contributed by atoms with Gasteiger partial charge in [-0.25, -0.2) is 0 Å². The second-order valence-electron chi connectivity index (χ2n) is 26.7. The Morgan fingerprint density at radius 2 is 0.953 bits per heavy atom. The number of hydrogen-bond acceptors (Lipinski definition) is 4. The zero-order valence-electron chi connectivity index (χ0n) is 52.6. The van der Waals surface area contributed by atoms with E-state index in [9.17, 15) is 4.79 Å². The van der Waals surface area contributed by atoms with Gasteiger partial charge in [-0.3, -0.25) is 4.79 Å². The van der Waals surface area contributed by atoms with E-state index in [2.05, 4.69) is 253 Å². The fourth-order valence-corrected chi connectivity index (χ4v) is 32.6. The molecule has 0 radical (unpaired) electrons. The molecule has 2 aliphatic rings. The summed E-state index contributed by atoms with van der Waals surface area (Å²) < 4.78 is 22.4. The minimum Gasteiger partial charge on any atom is -0.411 e. The van der Waals surface area contributed by atoms with Crippen molar-refractivity contribution in [1.82, 2.24) is 5.32 Å². The molecule has 2 bridgehead atoms. The van der Waals surface area contributed by atoms with Crippen molar-refractivity contribution >= 4 is 108 Å². The summed E-state index contributed by atoms with van der Waals surface area (Å²) in [6.07, 6.45) is 8.96.